The van der Waals surface area contributed by atoms with Gasteiger partial charge in [0, 0.05) is 16.7 Å². The minimum Gasteiger partial charge on any atom is -0.507 e. The first-order valence-electron chi connectivity index (χ1n) is 10.3. The molecule has 4 nitrogen and oxygen atoms in total. The maximum Gasteiger partial charge on any atom is 0.173 e. The van der Waals surface area contributed by atoms with Crippen molar-refractivity contribution >= 4 is 28.6 Å². The second-order valence-electron chi connectivity index (χ2n) is 10.1. The number of phenols is 1. The zero-order valence-electron chi connectivity index (χ0n) is 19.2. The van der Waals surface area contributed by atoms with E-state index in [1.807, 2.05) is 12.1 Å². The second kappa shape index (κ2) is 7.77. The third kappa shape index (κ3) is 4.56. The number of aromatic nitrogens is 2. The van der Waals surface area contributed by atoms with Crippen molar-refractivity contribution in [3.63, 3.8) is 0 Å². The summed E-state index contributed by atoms with van der Waals surface area (Å²) >= 11 is 1.41. The van der Waals surface area contributed by atoms with Crippen molar-refractivity contribution in [2.24, 2.45) is 0 Å². The first-order valence-corrected chi connectivity index (χ1v) is 11.3. The van der Waals surface area contributed by atoms with Crippen molar-refractivity contribution in [1.29, 1.82) is 0 Å². The highest BCUT2D eigenvalue weighted by Gasteiger charge is 2.27. The summed E-state index contributed by atoms with van der Waals surface area (Å²) in [7, 11) is 0. The largest absolute Gasteiger partial charge is 0.507 e. The number of rotatable bonds is 4. The number of Topliss-reactive ketones (excluding diaryl/α,β-unsaturated/α-hetero) is 1. The standard InChI is InChI=1S/C25H32N2O2S/c1-14-9-19-20(10-15(14)2)27-23(26-19)30-13-21(28)16-11-17(24(3,4)5)22(29)18(12-16)25(6,7)8/h9-12,29H,13H2,1-8H3,(H,26,27). The van der Waals surface area contributed by atoms with E-state index in [2.05, 4.69) is 77.5 Å². The van der Waals surface area contributed by atoms with Gasteiger partial charge in [0.15, 0.2) is 10.9 Å². The number of benzene rings is 2. The Morgan fingerprint density at radius 2 is 1.50 bits per heavy atom. The molecule has 0 amide bonds. The van der Waals surface area contributed by atoms with Crippen LogP contribution in [0.1, 0.15) is 74.2 Å². The minimum atomic E-state index is -0.262. The van der Waals surface area contributed by atoms with Gasteiger partial charge in [0.05, 0.1) is 16.8 Å². The van der Waals surface area contributed by atoms with E-state index in [0.717, 1.165) is 27.3 Å². The molecule has 0 radical (unpaired) electrons. The predicted molar refractivity (Wildman–Crippen MR) is 126 cm³/mol. The van der Waals surface area contributed by atoms with Crippen LogP contribution in [0.15, 0.2) is 29.4 Å². The molecule has 0 saturated heterocycles. The molecule has 0 bridgehead atoms. The lowest BCUT2D eigenvalue weighted by molar-refractivity contribution is 0.102. The SMILES string of the molecule is Cc1cc2nc(SCC(=O)c3cc(C(C)(C)C)c(O)c(C(C)(C)C)c3)[nH]c2cc1C. The number of hydrogen-bond donors (Lipinski definition) is 2. The van der Waals surface area contributed by atoms with Crippen molar-refractivity contribution in [2.75, 3.05) is 5.75 Å². The third-order valence-electron chi connectivity index (χ3n) is 5.46. The lowest BCUT2D eigenvalue weighted by atomic mass is 9.78. The quantitative estimate of drug-likeness (QED) is 0.373. The van der Waals surface area contributed by atoms with Crippen molar-refractivity contribution in [3.8, 4) is 5.75 Å². The van der Waals surface area contributed by atoms with Gasteiger partial charge in [-0.3, -0.25) is 4.79 Å². The molecule has 5 heteroatoms. The summed E-state index contributed by atoms with van der Waals surface area (Å²) in [6.45, 7) is 16.5. The van der Waals surface area contributed by atoms with E-state index in [0.29, 0.717) is 11.3 Å². The van der Waals surface area contributed by atoms with Crippen LogP contribution in [0.3, 0.4) is 0 Å². The number of ketones is 1. The Balaban J connectivity index is 1.89. The van der Waals surface area contributed by atoms with Gasteiger partial charge in [0.1, 0.15) is 5.75 Å². The summed E-state index contributed by atoms with van der Waals surface area (Å²) in [5, 5.41) is 11.6. The summed E-state index contributed by atoms with van der Waals surface area (Å²) in [4.78, 5) is 21.0. The van der Waals surface area contributed by atoms with Gasteiger partial charge in [0.2, 0.25) is 0 Å². The van der Waals surface area contributed by atoms with Crippen molar-refractivity contribution < 1.29 is 9.90 Å². The number of aromatic amines is 1. The van der Waals surface area contributed by atoms with Crippen LogP contribution in [0.5, 0.6) is 5.75 Å². The molecule has 2 aromatic carbocycles. The Morgan fingerprint density at radius 1 is 0.967 bits per heavy atom. The van der Waals surface area contributed by atoms with Crippen molar-refractivity contribution in [1.82, 2.24) is 9.97 Å². The summed E-state index contributed by atoms with van der Waals surface area (Å²) in [6, 6.07) is 7.85. The van der Waals surface area contributed by atoms with Crippen LogP contribution in [0, 0.1) is 13.8 Å². The Kier molecular flexibility index (Phi) is 5.80. The molecule has 1 aromatic heterocycles. The number of fused-ring (bicyclic) bond motifs is 1. The fourth-order valence-corrected chi connectivity index (χ4v) is 4.25. The Bertz CT molecular complexity index is 1040. The maximum absolute atomic E-state index is 13.1. The van der Waals surface area contributed by atoms with Gasteiger partial charge < -0.3 is 10.1 Å². The number of nitrogens with one attached hydrogen (secondary N) is 1. The molecule has 0 aliphatic rings. The molecule has 160 valence electrons. The van der Waals surface area contributed by atoms with Gasteiger partial charge in [-0.05, 0) is 60.1 Å². The Hall–Kier alpha value is -2.27. The van der Waals surface area contributed by atoms with Crippen LogP contribution in [0.2, 0.25) is 0 Å². The van der Waals surface area contributed by atoms with E-state index in [4.69, 9.17) is 0 Å². The Morgan fingerprint density at radius 3 is 2.03 bits per heavy atom. The number of H-pyrrole nitrogens is 1. The van der Waals surface area contributed by atoms with Gasteiger partial charge in [-0.25, -0.2) is 4.98 Å². The molecule has 0 fully saturated rings. The highest BCUT2D eigenvalue weighted by Crippen LogP contribution is 2.40. The number of aryl methyl sites for hydroxylation is 2. The minimum absolute atomic E-state index is 0.0313. The number of hydrogen-bond acceptors (Lipinski definition) is 4. The molecule has 0 unspecified atom stereocenters. The van der Waals surface area contributed by atoms with E-state index >= 15 is 0 Å². The summed E-state index contributed by atoms with van der Waals surface area (Å²) in [6.07, 6.45) is 0. The van der Waals surface area contributed by atoms with E-state index in [9.17, 15) is 9.90 Å². The van der Waals surface area contributed by atoms with Crippen LogP contribution < -0.4 is 0 Å². The summed E-state index contributed by atoms with van der Waals surface area (Å²) in [5.74, 6) is 0.612. The fraction of sp³-hybridized carbons (Fsp3) is 0.440. The van der Waals surface area contributed by atoms with Crippen LogP contribution in [-0.2, 0) is 10.8 Å². The maximum atomic E-state index is 13.1. The topological polar surface area (TPSA) is 66.0 Å². The number of imidazole rings is 1. The molecule has 1 heterocycles. The number of nitrogens with zero attached hydrogens (tertiary/aromatic N) is 1. The van der Waals surface area contributed by atoms with Crippen LogP contribution in [0.4, 0.5) is 0 Å². The molecule has 0 aliphatic carbocycles. The first kappa shape index (κ1) is 22.4. The van der Waals surface area contributed by atoms with Crippen LogP contribution in [0.25, 0.3) is 11.0 Å². The highest BCUT2D eigenvalue weighted by molar-refractivity contribution is 7.99. The monoisotopic (exact) mass is 424 g/mol. The summed E-state index contributed by atoms with van der Waals surface area (Å²) in [5.41, 5.74) is 6.05. The smallest absolute Gasteiger partial charge is 0.173 e. The number of phenolic OH excluding ortho intramolecular Hbond substituents is 1. The van der Waals surface area contributed by atoms with Crippen molar-refractivity contribution in [3.05, 3.63) is 52.1 Å². The molecular formula is C25H32N2O2S. The lowest BCUT2D eigenvalue weighted by Crippen LogP contribution is -2.19. The highest BCUT2D eigenvalue weighted by atomic mass is 32.2. The molecule has 0 spiro atoms. The molecule has 3 aromatic rings. The third-order valence-corrected chi connectivity index (χ3v) is 6.34. The average Bonchev–Trinajstić information content (AvgIpc) is 2.99. The summed E-state index contributed by atoms with van der Waals surface area (Å²) < 4.78 is 0. The van der Waals surface area contributed by atoms with Gasteiger partial charge in [-0.15, -0.1) is 0 Å². The van der Waals surface area contributed by atoms with E-state index < -0.39 is 0 Å². The fourth-order valence-electron chi connectivity index (χ4n) is 3.47. The molecule has 2 N–H and O–H groups in total. The van der Waals surface area contributed by atoms with Gasteiger partial charge >= 0.3 is 0 Å². The van der Waals surface area contributed by atoms with Gasteiger partial charge in [-0.2, -0.15) is 0 Å². The Labute approximate surface area is 183 Å². The van der Waals surface area contributed by atoms with Crippen molar-refractivity contribution in [2.45, 2.75) is 71.4 Å². The predicted octanol–water partition coefficient (Wildman–Crippen LogP) is 6.46. The zero-order valence-corrected chi connectivity index (χ0v) is 20.0. The molecule has 30 heavy (non-hydrogen) atoms. The molecule has 0 saturated carbocycles. The molecule has 0 atom stereocenters. The number of carbonyl (C=O) groups excluding carboxylic acids is 1. The van der Waals surface area contributed by atoms with Crippen LogP contribution >= 0.6 is 11.8 Å². The molecular weight excluding hydrogens is 392 g/mol. The normalized spacial score (nSPS) is 12.5. The van der Waals surface area contributed by atoms with E-state index in [-0.39, 0.29) is 22.4 Å². The molecule has 3 rings (SSSR count). The second-order valence-corrected chi connectivity index (χ2v) is 11.1. The van der Waals surface area contributed by atoms with E-state index in [1.165, 1.54) is 22.9 Å². The zero-order chi connectivity index (χ0) is 22.4. The van der Waals surface area contributed by atoms with Crippen LogP contribution in [-0.4, -0.2) is 26.6 Å². The lowest BCUT2D eigenvalue weighted by Gasteiger charge is -2.28. The number of carbonyl (C=O) groups is 1. The van der Waals surface area contributed by atoms with E-state index in [1.54, 1.807) is 0 Å². The first-order chi connectivity index (χ1) is 13.8. The van der Waals surface area contributed by atoms with Gasteiger partial charge in [-0.1, -0.05) is 53.3 Å². The number of thioether (sulfide) groups is 1. The number of aromatic hydroxyl groups is 1. The molecule has 0 aliphatic heterocycles. The van der Waals surface area contributed by atoms with Gasteiger partial charge in [0.25, 0.3) is 0 Å². The average molecular weight is 425 g/mol.